The van der Waals surface area contributed by atoms with Gasteiger partial charge in [0.2, 0.25) is 11.9 Å². The lowest BCUT2D eigenvalue weighted by molar-refractivity contribution is -0.154. The standard InChI is InChI=1S/C31H39F3N8O4/c1-20(2)37-29(44)42-14-5-15-45-24-12-6-21(7-13-24)16-35-26-39-27(41-28(40-26)46-19-31(32,33)34)38-23-10-8-22(9-11-23)25(43)36-17-30(3,4)18-42/h6-13,20H,5,14-19H2,1-4H3,(H,36,43)(H,37,44)(H2,35,38,39,40,41). The average Bonchev–Trinajstić information content (AvgIpc) is 2.99. The second-order valence-electron chi connectivity index (χ2n) is 11.9. The highest BCUT2D eigenvalue weighted by atomic mass is 19.4. The highest BCUT2D eigenvalue weighted by Gasteiger charge is 2.29. The predicted octanol–water partition coefficient (Wildman–Crippen LogP) is 5.13. The van der Waals surface area contributed by atoms with Gasteiger partial charge in [-0.2, -0.15) is 28.1 Å². The summed E-state index contributed by atoms with van der Waals surface area (Å²) in [7, 11) is 0. The highest BCUT2D eigenvalue weighted by Crippen LogP contribution is 2.22. The fraction of sp³-hybridized carbons (Fsp3) is 0.452. The van der Waals surface area contributed by atoms with Crippen LogP contribution in [-0.4, -0.2) is 76.9 Å². The van der Waals surface area contributed by atoms with E-state index in [-0.39, 0.29) is 36.4 Å². The van der Waals surface area contributed by atoms with Gasteiger partial charge in [0, 0.05) is 43.5 Å². The largest absolute Gasteiger partial charge is 0.494 e. The summed E-state index contributed by atoms with van der Waals surface area (Å²) in [6, 6.07) is 13.0. The van der Waals surface area contributed by atoms with Crippen molar-refractivity contribution >= 4 is 29.5 Å². The van der Waals surface area contributed by atoms with Crippen molar-refractivity contribution in [2.24, 2.45) is 5.41 Å². The lowest BCUT2D eigenvalue weighted by atomic mass is 9.92. The summed E-state index contributed by atoms with van der Waals surface area (Å²) in [5.74, 6) is 0.271. The zero-order valence-corrected chi connectivity index (χ0v) is 26.2. The van der Waals surface area contributed by atoms with Crippen LogP contribution in [0.25, 0.3) is 0 Å². The van der Waals surface area contributed by atoms with E-state index in [1.165, 1.54) is 0 Å². The molecule has 46 heavy (non-hydrogen) atoms. The molecule has 4 aliphatic heterocycles. The number of nitrogens with one attached hydrogen (secondary N) is 4. The summed E-state index contributed by atoms with van der Waals surface area (Å²) in [5.41, 5.74) is 1.25. The van der Waals surface area contributed by atoms with Gasteiger partial charge in [-0.25, -0.2) is 4.79 Å². The number of carbonyl (C=O) groups excluding carboxylic acids is 2. The van der Waals surface area contributed by atoms with Crippen molar-refractivity contribution in [3.8, 4) is 11.8 Å². The van der Waals surface area contributed by atoms with E-state index in [9.17, 15) is 22.8 Å². The summed E-state index contributed by atoms with van der Waals surface area (Å²) in [4.78, 5) is 39.9. The number of halogens is 3. The zero-order valence-electron chi connectivity index (χ0n) is 26.2. The Morgan fingerprint density at radius 1 is 1.04 bits per heavy atom. The van der Waals surface area contributed by atoms with Crippen LogP contribution in [0.15, 0.2) is 48.5 Å². The maximum Gasteiger partial charge on any atom is 0.422 e. The molecular formula is C31H39F3N8O4. The molecule has 0 fully saturated rings. The highest BCUT2D eigenvalue weighted by molar-refractivity contribution is 5.94. The van der Waals surface area contributed by atoms with E-state index < -0.39 is 24.2 Å². The van der Waals surface area contributed by atoms with Crippen LogP contribution in [0.5, 0.6) is 11.8 Å². The van der Waals surface area contributed by atoms with Crippen LogP contribution < -0.4 is 30.7 Å². The molecule has 0 radical (unpaired) electrons. The number of nitrogens with zero attached hydrogens (tertiary/aromatic N) is 4. The van der Waals surface area contributed by atoms with Crippen molar-refractivity contribution in [1.82, 2.24) is 30.5 Å². The number of aromatic nitrogens is 3. The van der Waals surface area contributed by atoms with Gasteiger partial charge in [0.05, 0.1) is 6.61 Å². The second kappa shape index (κ2) is 15.0. The molecule has 15 heteroatoms. The maximum absolute atomic E-state index is 13.0. The Morgan fingerprint density at radius 2 is 1.74 bits per heavy atom. The van der Waals surface area contributed by atoms with E-state index in [4.69, 9.17) is 9.47 Å². The molecule has 1 aromatic heterocycles. The summed E-state index contributed by atoms with van der Waals surface area (Å²) < 4.78 is 49.1. The Kier molecular flexibility index (Phi) is 11.1. The van der Waals surface area contributed by atoms with Crippen molar-refractivity contribution < 1.29 is 32.2 Å². The molecule has 12 nitrogen and oxygen atoms in total. The number of carbonyl (C=O) groups is 2. The molecule has 3 amide bonds. The minimum atomic E-state index is -4.58. The first-order chi connectivity index (χ1) is 21.7. The van der Waals surface area contributed by atoms with Gasteiger partial charge in [-0.05, 0) is 67.6 Å². The fourth-order valence-electron chi connectivity index (χ4n) is 4.45. The average molecular weight is 645 g/mol. The van der Waals surface area contributed by atoms with Gasteiger partial charge < -0.3 is 35.6 Å². The van der Waals surface area contributed by atoms with Gasteiger partial charge in [-0.15, -0.1) is 0 Å². The topological polar surface area (TPSA) is 143 Å². The van der Waals surface area contributed by atoms with E-state index in [0.717, 1.165) is 5.56 Å². The molecule has 0 aliphatic carbocycles. The van der Waals surface area contributed by atoms with Crippen LogP contribution in [0.3, 0.4) is 0 Å². The van der Waals surface area contributed by atoms with E-state index in [2.05, 4.69) is 36.2 Å². The summed E-state index contributed by atoms with van der Waals surface area (Å²) in [6.45, 7) is 7.97. The summed E-state index contributed by atoms with van der Waals surface area (Å²) in [5, 5.41) is 11.8. The molecule has 0 unspecified atom stereocenters. The van der Waals surface area contributed by atoms with Gasteiger partial charge in [0.1, 0.15) is 5.75 Å². The lowest BCUT2D eigenvalue weighted by Crippen LogP contribution is -2.49. The third-order valence-corrected chi connectivity index (χ3v) is 6.64. The monoisotopic (exact) mass is 644 g/mol. The van der Waals surface area contributed by atoms with Crippen LogP contribution in [0.1, 0.15) is 50.0 Å². The molecule has 5 heterocycles. The molecule has 0 saturated heterocycles. The third kappa shape index (κ3) is 11.0. The Balaban J connectivity index is 1.58. The number of ether oxygens (including phenoxy) is 2. The van der Waals surface area contributed by atoms with E-state index in [1.54, 1.807) is 41.3 Å². The molecule has 2 aromatic carbocycles. The molecule has 248 valence electrons. The van der Waals surface area contributed by atoms with Crippen molar-refractivity contribution in [3.05, 3.63) is 59.7 Å². The van der Waals surface area contributed by atoms with Crippen LogP contribution in [0.2, 0.25) is 0 Å². The van der Waals surface area contributed by atoms with E-state index in [1.807, 2.05) is 39.8 Å². The van der Waals surface area contributed by atoms with Gasteiger partial charge in [-0.1, -0.05) is 26.0 Å². The number of urea groups is 1. The summed E-state index contributed by atoms with van der Waals surface area (Å²) >= 11 is 0. The van der Waals surface area contributed by atoms with Crippen LogP contribution in [-0.2, 0) is 6.54 Å². The van der Waals surface area contributed by atoms with E-state index in [0.29, 0.717) is 49.7 Å². The Hall–Kier alpha value is -4.82. The van der Waals surface area contributed by atoms with Crippen LogP contribution >= 0.6 is 0 Å². The first kappa shape index (κ1) is 34.1. The minimum absolute atomic E-state index is 0.00544. The van der Waals surface area contributed by atoms with Crippen molar-refractivity contribution in [1.29, 1.82) is 0 Å². The normalized spacial score (nSPS) is 16.0. The first-order valence-electron chi connectivity index (χ1n) is 14.9. The summed E-state index contributed by atoms with van der Waals surface area (Å²) in [6.07, 6.45) is -4.00. The predicted molar refractivity (Wildman–Crippen MR) is 166 cm³/mol. The molecule has 4 N–H and O–H groups in total. The molecular weight excluding hydrogens is 605 g/mol. The zero-order chi connectivity index (χ0) is 33.3. The van der Waals surface area contributed by atoms with Crippen molar-refractivity contribution in [2.75, 3.05) is 43.5 Å². The van der Waals surface area contributed by atoms with Gasteiger partial charge in [0.25, 0.3) is 5.91 Å². The lowest BCUT2D eigenvalue weighted by Gasteiger charge is -2.33. The van der Waals surface area contributed by atoms with Gasteiger partial charge in [0.15, 0.2) is 6.61 Å². The van der Waals surface area contributed by atoms with Gasteiger partial charge >= 0.3 is 18.2 Å². The molecule has 4 aliphatic rings. The quantitative estimate of drug-likeness (QED) is 0.305. The number of hydrogen-bond donors (Lipinski definition) is 4. The number of alkyl halides is 3. The van der Waals surface area contributed by atoms with Crippen molar-refractivity contribution in [2.45, 2.75) is 52.9 Å². The number of anilines is 3. The number of benzene rings is 2. The fourth-order valence-corrected chi connectivity index (χ4v) is 4.45. The second-order valence-corrected chi connectivity index (χ2v) is 11.9. The maximum atomic E-state index is 13.0. The first-order valence-corrected chi connectivity index (χ1v) is 14.9. The Bertz CT molecular complexity index is 1470. The third-order valence-electron chi connectivity index (χ3n) is 6.64. The molecule has 3 aromatic rings. The van der Waals surface area contributed by atoms with E-state index >= 15 is 0 Å². The van der Waals surface area contributed by atoms with Crippen molar-refractivity contribution in [3.63, 3.8) is 0 Å². The molecule has 0 spiro atoms. The number of amides is 3. The SMILES string of the molecule is CC(C)NC(=O)N1CCCOc2ccc(cc2)CNc2nc(nc(OCC(F)(F)F)n2)Nc2ccc(cc2)C(=O)NCC(C)(C)C1. The molecule has 7 rings (SSSR count). The number of hydrogen-bond acceptors (Lipinski definition) is 9. The molecule has 0 saturated carbocycles. The molecule has 0 atom stereocenters. The van der Waals surface area contributed by atoms with Gasteiger partial charge in [-0.3, -0.25) is 4.79 Å². The van der Waals surface area contributed by atoms with Crippen LogP contribution in [0.4, 0.5) is 35.5 Å². The number of rotatable bonds is 3. The molecule has 6 bridgehead atoms. The Morgan fingerprint density at radius 3 is 2.41 bits per heavy atom. The minimum Gasteiger partial charge on any atom is -0.494 e. The smallest absolute Gasteiger partial charge is 0.422 e. The Labute approximate surface area is 265 Å². The van der Waals surface area contributed by atoms with Crippen LogP contribution in [0, 0.1) is 5.41 Å².